The lowest BCUT2D eigenvalue weighted by Crippen LogP contribution is -2.38. The SMILES string of the molecule is C=CC(=O)N1CCC(N(C=O)c2ccncc2N(C)c2ccc(Oc3ccc(Cl)c(Cl)c3)c(Cl)c2)C1. The molecule has 2 aromatic carbocycles. The van der Waals surface area contributed by atoms with Gasteiger partial charge in [-0.2, -0.15) is 0 Å². The molecule has 10 heteroatoms. The van der Waals surface area contributed by atoms with E-state index in [2.05, 4.69) is 11.6 Å². The van der Waals surface area contributed by atoms with Crippen LogP contribution in [0.15, 0.2) is 67.5 Å². The van der Waals surface area contributed by atoms with Crippen LogP contribution >= 0.6 is 34.8 Å². The lowest BCUT2D eigenvalue weighted by molar-refractivity contribution is -0.125. The number of carbonyl (C=O) groups excluding carboxylic acids is 2. The molecule has 1 fully saturated rings. The fraction of sp³-hybridized carbons (Fsp3) is 0.192. The largest absolute Gasteiger partial charge is 0.456 e. The van der Waals surface area contributed by atoms with Gasteiger partial charge in [0.25, 0.3) is 0 Å². The van der Waals surface area contributed by atoms with Crippen molar-refractivity contribution < 1.29 is 14.3 Å². The van der Waals surface area contributed by atoms with Crippen molar-refractivity contribution in [2.45, 2.75) is 12.5 Å². The number of likely N-dealkylation sites (tertiary alicyclic amines) is 1. The molecule has 36 heavy (non-hydrogen) atoms. The van der Waals surface area contributed by atoms with Crippen molar-refractivity contribution in [1.82, 2.24) is 9.88 Å². The van der Waals surface area contributed by atoms with E-state index in [1.807, 2.05) is 18.0 Å². The van der Waals surface area contributed by atoms with E-state index >= 15 is 0 Å². The van der Waals surface area contributed by atoms with Gasteiger partial charge >= 0.3 is 0 Å². The highest BCUT2D eigenvalue weighted by atomic mass is 35.5. The fourth-order valence-corrected chi connectivity index (χ4v) is 4.58. The summed E-state index contributed by atoms with van der Waals surface area (Å²) in [4.78, 5) is 33.7. The van der Waals surface area contributed by atoms with Gasteiger partial charge < -0.3 is 19.4 Å². The zero-order valence-electron chi connectivity index (χ0n) is 19.4. The number of ether oxygens (including phenoxy) is 1. The van der Waals surface area contributed by atoms with Crippen LogP contribution in [0.3, 0.4) is 0 Å². The van der Waals surface area contributed by atoms with Crippen LogP contribution in [-0.4, -0.2) is 48.4 Å². The van der Waals surface area contributed by atoms with Crippen LogP contribution in [0.5, 0.6) is 11.5 Å². The first-order chi connectivity index (χ1) is 17.3. The summed E-state index contributed by atoms with van der Waals surface area (Å²) in [6.07, 6.45) is 6.06. The third-order valence-corrected chi connectivity index (χ3v) is 7.03. The average Bonchev–Trinajstić information content (AvgIpc) is 3.37. The van der Waals surface area contributed by atoms with Crippen LogP contribution in [0.1, 0.15) is 6.42 Å². The molecule has 3 aromatic rings. The number of nitrogens with zero attached hydrogens (tertiary/aromatic N) is 4. The second-order valence-electron chi connectivity index (χ2n) is 8.16. The maximum atomic E-state index is 12.2. The van der Waals surface area contributed by atoms with Gasteiger partial charge in [-0.15, -0.1) is 0 Å². The molecule has 2 amide bonds. The molecule has 1 unspecified atom stereocenters. The zero-order valence-corrected chi connectivity index (χ0v) is 21.7. The number of pyridine rings is 1. The number of amides is 2. The monoisotopic (exact) mass is 544 g/mol. The Morgan fingerprint density at radius 1 is 1.11 bits per heavy atom. The number of hydrogen-bond donors (Lipinski definition) is 0. The Morgan fingerprint density at radius 2 is 1.92 bits per heavy atom. The highest BCUT2D eigenvalue weighted by Gasteiger charge is 2.31. The topological polar surface area (TPSA) is 66.0 Å². The summed E-state index contributed by atoms with van der Waals surface area (Å²) in [6.45, 7) is 4.54. The Bertz CT molecular complexity index is 1300. The van der Waals surface area contributed by atoms with Gasteiger partial charge in [-0.05, 0) is 48.9 Å². The maximum Gasteiger partial charge on any atom is 0.246 e. The van der Waals surface area contributed by atoms with Crippen molar-refractivity contribution in [2.24, 2.45) is 0 Å². The van der Waals surface area contributed by atoms with Gasteiger partial charge in [0.05, 0.1) is 38.7 Å². The minimum absolute atomic E-state index is 0.145. The Morgan fingerprint density at radius 3 is 2.61 bits per heavy atom. The summed E-state index contributed by atoms with van der Waals surface area (Å²) in [7, 11) is 1.86. The summed E-state index contributed by atoms with van der Waals surface area (Å²) < 4.78 is 5.87. The highest BCUT2D eigenvalue weighted by molar-refractivity contribution is 6.42. The molecule has 186 valence electrons. The molecule has 2 heterocycles. The molecule has 0 N–H and O–H groups in total. The van der Waals surface area contributed by atoms with Crippen molar-refractivity contribution in [1.29, 1.82) is 0 Å². The summed E-state index contributed by atoms with van der Waals surface area (Å²) in [5.74, 6) is 0.809. The molecule has 1 saturated heterocycles. The van der Waals surface area contributed by atoms with Crippen molar-refractivity contribution in [3.63, 3.8) is 0 Å². The van der Waals surface area contributed by atoms with Crippen LogP contribution in [-0.2, 0) is 9.59 Å². The van der Waals surface area contributed by atoms with Gasteiger partial charge in [-0.3, -0.25) is 14.6 Å². The average molecular weight is 546 g/mol. The molecule has 4 rings (SSSR count). The Balaban J connectivity index is 1.57. The summed E-state index contributed by atoms with van der Waals surface area (Å²) in [6, 6.07) is 11.9. The van der Waals surface area contributed by atoms with Crippen LogP contribution in [0.4, 0.5) is 17.1 Å². The van der Waals surface area contributed by atoms with Crippen molar-refractivity contribution in [3.8, 4) is 11.5 Å². The van der Waals surface area contributed by atoms with Gasteiger partial charge in [0.15, 0.2) is 0 Å². The molecule has 1 atom stereocenters. The summed E-state index contributed by atoms with van der Waals surface area (Å²) in [5, 5.41) is 1.20. The first kappa shape index (κ1) is 25.8. The predicted molar refractivity (Wildman–Crippen MR) is 144 cm³/mol. The second-order valence-corrected chi connectivity index (χ2v) is 9.38. The van der Waals surface area contributed by atoms with Crippen LogP contribution in [0.25, 0.3) is 0 Å². The quantitative estimate of drug-likeness (QED) is 0.244. The number of benzene rings is 2. The van der Waals surface area contributed by atoms with E-state index in [-0.39, 0.29) is 11.9 Å². The number of hydrogen-bond acceptors (Lipinski definition) is 5. The Kier molecular flexibility index (Phi) is 8.04. The summed E-state index contributed by atoms with van der Waals surface area (Å²) >= 11 is 18.6. The molecule has 0 spiro atoms. The molecule has 0 aliphatic carbocycles. The molecular formula is C26H23Cl3N4O3. The van der Waals surface area contributed by atoms with Gasteiger partial charge in [0.2, 0.25) is 12.3 Å². The van der Waals surface area contributed by atoms with Crippen LogP contribution < -0.4 is 14.5 Å². The number of aromatic nitrogens is 1. The second kappa shape index (κ2) is 11.2. The van der Waals surface area contributed by atoms with Gasteiger partial charge in [-0.1, -0.05) is 41.4 Å². The normalized spacial score (nSPS) is 14.9. The molecule has 1 aromatic heterocycles. The van der Waals surface area contributed by atoms with Gasteiger partial charge in [-0.25, -0.2) is 0 Å². The van der Waals surface area contributed by atoms with Crippen LogP contribution in [0, 0.1) is 0 Å². The van der Waals surface area contributed by atoms with E-state index in [1.54, 1.807) is 58.6 Å². The standard InChI is InChI=1S/C26H23Cl3N4O3/c1-3-26(35)32-11-9-18(15-32)33(16-34)23-8-10-30-14-24(23)31(2)17-4-7-25(22(29)12-17)36-19-5-6-20(27)21(28)13-19/h3-8,10,12-14,16,18H,1,9,11,15H2,2H3. The minimum Gasteiger partial charge on any atom is -0.456 e. The van der Waals surface area contributed by atoms with Gasteiger partial charge in [0.1, 0.15) is 11.5 Å². The van der Waals surface area contributed by atoms with Gasteiger partial charge in [0, 0.05) is 38.1 Å². The molecule has 1 aliphatic heterocycles. The fourth-order valence-electron chi connectivity index (χ4n) is 4.08. The lowest BCUT2D eigenvalue weighted by Gasteiger charge is -2.30. The molecule has 0 bridgehead atoms. The van der Waals surface area contributed by atoms with Crippen molar-refractivity contribution in [3.05, 3.63) is 82.6 Å². The summed E-state index contributed by atoms with van der Waals surface area (Å²) in [5.41, 5.74) is 2.14. The zero-order chi connectivity index (χ0) is 25.8. The smallest absolute Gasteiger partial charge is 0.246 e. The van der Waals surface area contributed by atoms with E-state index in [1.165, 1.54) is 6.08 Å². The molecule has 0 saturated carbocycles. The van der Waals surface area contributed by atoms with Crippen LogP contribution in [0.2, 0.25) is 15.1 Å². The number of carbonyl (C=O) groups is 2. The lowest BCUT2D eigenvalue weighted by atomic mass is 10.2. The molecular weight excluding hydrogens is 523 g/mol. The third-order valence-electron chi connectivity index (χ3n) is 6.00. The molecule has 0 radical (unpaired) electrons. The minimum atomic E-state index is -0.161. The van der Waals surface area contributed by atoms with Crippen molar-refractivity contribution in [2.75, 3.05) is 29.9 Å². The van der Waals surface area contributed by atoms with E-state index in [0.29, 0.717) is 57.5 Å². The highest BCUT2D eigenvalue weighted by Crippen LogP contribution is 2.39. The maximum absolute atomic E-state index is 12.2. The first-order valence-electron chi connectivity index (χ1n) is 11.1. The Labute approximate surface area is 224 Å². The van der Waals surface area contributed by atoms with E-state index in [0.717, 1.165) is 12.1 Å². The Hall–Kier alpha value is -3.26. The predicted octanol–water partition coefficient (Wildman–Crippen LogP) is 6.35. The first-order valence-corrected chi connectivity index (χ1v) is 12.2. The third kappa shape index (κ3) is 5.43. The number of rotatable bonds is 8. The van der Waals surface area contributed by atoms with Crippen molar-refractivity contribution >= 4 is 64.2 Å². The van der Waals surface area contributed by atoms with E-state index < -0.39 is 0 Å². The number of anilines is 3. The molecule has 1 aliphatic rings. The van der Waals surface area contributed by atoms with E-state index in [9.17, 15) is 9.59 Å². The van der Waals surface area contributed by atoms with E-state index in [4.69, 9.17) is 39.5 Å². The number of halogens is 3. The molecule has 7 nitrogen and oxygen atoms in total.